The lowest BCUT2D eigenvalue weighted by atomic mass is 9.85. The zero-order valence-corrected chi connectivity index (χ0v) is 21.4. The molecule has 12 heteroatoms. The Morgan fingerprint density at radius 2 is 1.82 bits per heavy atom. The average molecular weight is 564 g/mol. The van der Waals surface area contributed by atoms with Crippen LogP contribution in [0.3, 0.4) is 0 Å². The zero-order chi connectivity index (χ0) is 27.0. The molecule has 3 aromatic heterocycles. The molecule has 1 amide bonds. The van der Waals surface area contributed by atoms with Gasteiger partial charge in [0.25, 0.3) is 12.3 Å². The van der Waals surface area contributed by atoms with Crippen molar-refractivity contribution in [3.05, 3.63) is 86.5 Å². The molecule has 1 aliphatic rings. The summed E-state index contributed by atoms with van der Waals surface area (Å²) < 4.78 is 43.8. The number of nitrogens with zero attached hydrogens (tertiary/aromatic N) is 4. The van der Waals surface area contributed by atoms with Gasteiger partial charge in [-0.25, -0.2) is 22.9 Å². The van der Waals surface area contributed by atoms with Gasteiger partial charge >= 0.3 is 5.69 Å². The second kappa shape index (κ2) is 10.8. The highest BCUT2D eigenvalue weighted by molar-refractivity contribution is 6.30. The minimum atomic E-state index is -2.91. The Bertz CT molecular complexity index is 1560. The van der Waals surface area contributed by atoms with E-state index < -0.39 is 23.8 Å². The van der Waals surface area contributed by atoms with Crippen LogP contribution in [0.4, 0.5) is 13.2 Å². The van der Waals surface area contributed by atoms with Gasteiger partial charge in [0.2, 0.25) is 0 Å². The van der Waals surface area contributed by atoms with Crippen molar-refractivity contribution in [2.75, 3.05) is 0 Å². The summed E-state index contributed by atoms with van der Waals surface area (Å²) in [4.78, 5) is 33.7. The molecule has 5 rings (SSSR count). The molecule has 4 aromatic rings. The smallest absolute Gasteiger partial charge is 0.333 e. The number of benzene rings is 1. The number of aromatic nitrogens is 4. The van der Waals surface area contributed by atoms with Gasteiger partial charge in [0.05, 0.1) is 27.3 Å². The molecule has 0 radical (unpaired) electrons. The summed E-state index contributed by atoms with van der Waals surface area (Å²) in [6.07, 6.45) is 2.21. The molecule has 0 bridgehead atoms. The Hall–Kier alpha value is -3.37. The topological polar surface area (TPSA) is 81.8 Å². The number of amides is 1. The van der Waals surface area contributed by atoms with Gasteiger partial charge in [-0.3, -0.25) is 18.9 Å². The number of imidazole rings is 1. The first-order valence-corrected chi connectivity index (χ1v) is 12.7. The molecule has 198 valence electrons. The molecule has 7 nitrogen and oxygen atoms in total. The summed E-state index contributed by atoms with van der Waals surface area (Å²) in [6, 6.07) is 8.38. The Morgan fingerprint density at radius 3 is 2.53 bits per heavy atom. The second-order valence-corrected chi connectivity index (χ2v) is 10.1. The number of carbonyl (C=O) groups is 1. The van der Waals surface area contributed by atoms with E-state index in [1.54, 1.807) is 22.8 Å². The number of rotatable bonds is 6. The first-order valence-electron chi connectivity index (χ1n) is 12.0. The molecule has 0 unspecified atom stereocenters. The molecular formula is C26H22Cl2F3N5O2. The summed E-state index contributed by atoms with van der Waals surface area (Å²) >= 11 is 11.9. The number of alkyl halides is 2. The van der Waals surface area contributed by atoms with Crippen LogP contribution in [0.15, 0.2) is 53.6 Å². The number of fused-ring (bicyclic) bond motifs is 1. The summed E-state index contributed by atoms with van der Waals surface area (Å²) in [6.45, 7) is 0.360. The largest absolute Gasteiger partial charge is 0.349 e. The van der Waals surface area contributed by atoms with E-state index in [-0.39, 0.29) is 33.4 Å². The van der Waals surface area contributed by atoms with Crippen molar-refractivity contribution in [2.45, 2.75) is 44.7 Å². The van der Waals surface area contributed by atoms with Crippen molar-refractivity contribution in [3.8, 4) is 5.69 Å². The van der Waals surface area contributed by atoms with E-state index in [1.807, 2.05) is 0 Å². The maximum Gasteiger partial charge on any atom is 0.333 e. The molecule has 0 saturated heterocycles. The van der Waals surface area contributed by atoms with E-state index in [4.69, 9.17) is 23.2 Å². The van der Waals surface area contributed by atoms with Gasteiger partial charge < -0.3 is 5.32 Å². The Labute approximate surface area is 225 Å². The molecule has 1 aliphatic carbocycles. The highest BCUT2D eigenvalue weighted by Crippen LogP contribution is 2.29. The molecule has 0 spiro atoms. The molecular weight excluding hydrogens is 542 g/mol. The van der Waals surface area contributed by atoms with Gasteiger partial charge in [0.15, 0.2) is 0 Å². The lowest BCUT2D eigenvalue weighted by Crippen LogP contribution is -2.39. The third kappa shape index (κ3) is 5.28. The SMILES string of the molecule is O=C(NC1CCC(Cn2c(=O)n(-c3ccnc(Cl)c3)c3ccc(F)cc32)CC1)c1cc(Cl)cnc1C(F)F. The summed E-state index contributed by atoms with van der Waals surface area (Å²) in [7, 11) is 0. The highest BCUT2D eigenvalue weighted by Gasteiger charge is 2.27. The van der Waals surface area contributed by atoms with Crippen LogP contribution in [0.5, 0.6) is 0 Å². The van der Waals surface area contributed by atoms with Gasteiger partial charge in [0, 0.05) is 25.0 Å². The molecule has 1 saturated carbocycles. The maximum absolute atomic E-state index is 14.2. The predicted octanol–water partition coefficient (Wildman–Crippen LogP) is 5.95. The highest BCUT2D eigenvalue weighted by atomic mass is 35.5. The van der Waals surface area contributed by atoms with Crippen LogP contribution in [0.25, 0.3) is 16.7 Å². The molecule has 1 fully saturated rings. The Morgan fingerprint density at radius 1 is 1.05 bits per heavy atom. The lowest BCUT2D eigenvalue weighted by Gasteiger charge is -2.29. The van der Waals surface area contributed by atoms with Crippen LogP contribution in [-0.2, 0) is 6.54 Å². The van der Waals surface area contributed by atoms with Crippen molar-refractivity contribution in [1.82, 2.24) is 24.4 Å². The molecule has 0 atom stereocenters. The van der Waals surface area contributed by atoms with Crippen LogP contribution >= 0.6 is 23.2 Å². The number of hydrogen-bond donors (Lipinski definition) is 1. The molecule has 3 heterocycles. The third-order valence-corrected chi connectivity index (χ3v) is 7.23. The fourth-order valence-corrected chi connectivity index (χ4v) is 5.33. The molecule has 0 aliphatic heterocycles. The van der Waals surface area contributed by atoms with Crippen LogP contribution < -0.4 is 11.0 Å². The van der Waals surface area contributed by atoms with Crippen molar-refractivity contribution < 1.29 is 18.0 Å². The molecule has 1 aromatic carbocycles. The van der Waals surface area contributed by atoms with Crippen LogP contribution in [0.1, 0.15) is 48.2 Å². The lowest BCUT2D eigenvalue weighted by molar-refractivity contribution is 0.0904. The van der Waals surface area contributed by atoms with Gasteiger partial charge in [-0.1, -0.05) is 23.2 Å². The van der Waals surface area contributed by atoms with Gasteiger partial charge in [-0.15, -0.1) is 0 Å². The van der Waals surface area contributed by atoms with Crippen molar-refractivity contribution in [2.24, 2.45) is 5.92 Å². The summed E-state index contributed by atoms with van der Waals surface area (Å²) in [5.41, 5.74) is 0.356. The first kappa shape index (κ1) is 26.2. The van der Waals surface area contributed by atoms with Gasteiger partial charge in [-0.05, 0) is 68.0 Å². The van der Waals surface area contributed by atoms with E-state index in [1.165, 1.54) is 29.0 Å². The number of hydrogen-bond acceptors (Lipinski definition) is 4. The average Bonchev–Trinajstić information content (AvgIpc) is 3.15. The minimum absolute atomic E-state index is 0.0914. The monoisotopic (exact) mass is 563 g/mol. The van der Waals surface area contributed by atoms with Crippen LogP contribution in [0.2, 0.25) is 10.2 Å². The van der Waals surface area contributed by atoms with Crippen molar-refractivity contribution >= 4 is 40.1 Å². The predicted molar refractivity (Wildman–Crippen MR) is 138 cm³/mol. The first-order chi connectivity index (χ1) is 18.2. The van der Waals surface area contributed by atoms with E-state index in [2.05, 4.69) is 15.3 Å². The second-order valence-electron chi connectivity index (χ2n) is 9.28. The number of halogens is 5. The fraction of sp³-hybridized carbons (Fsp3) is 0.308. The number of pyridine rings is 2. The van der Waals surface area contributed by atoms with E-state index in [0.29, 0.717) is 48.9 Å². The number of carbonyl (C=O) groups excluding carboxylic acids is 1. The van der Waals surface area contributed by atoms with Crippen molar-refractivity contribution in [1.29, 1.82) is 0 Å². The Kier molecular flexibility index (Phi) is 7.45. The quantitative estimate of drug-likeness (QED) is 0.294. The maximum atomic E-state index is 14.2. The minimum Gasteiger partial charge on any atom is -0.349 e. The molecule has 1 N–H and O–H groups in total. The van der Waals surface area contributed by atoms with E-state index >= 15 is 0 Å². The fourth-order valence-electron chi connectivity index (χ4n) is 5.00. The third-order valence-electron chi connectivity index (χ3n) is 6.82. The zero-order valence-electron chi connectivity index (χ0n) is 19.9. The normalized spacial score (nSPS) is 17.7. The number of nitrogens with one attached hydrogen (secondary N) is 1. The van der Waals surface area contributed by atoms with Crippen LogP contribution in [-0.4, -0.2) is 31.1 Å². The Balaban J connectivity index is 1.32. The van der Waals surface area contributed by atoms with Crippen LogP contribution in [0, 0.1) is 11.7 Å². The van der Waals surface area contributed by atoms with Crippen molar-refractivity contribution in [3.63, 3.8) is 0 Å². The summed E-state index contributed by atoms with van der Waals surface area (Å²) in [5, 5.41) is 3.13. The van der Waals surface area contributed by atoms with Gasteiger partial charge in [-0.2, -0.15) is 0 Å². The standard InChI is InChI=1S/C26H22Cl2F3N5O2/c27-15-9-19(23(24(30)31)33-12-15)25(37)34-17-4-1-14(2-5-17)13-35-21-10-16(29)3-6-20(21)36(26(35)38)18-7-8-32-22(28)11-18/h3,6-12,14,17,24H,1-2,4-5,13H2,(H,34,37). The van der Waals surface area contributed by atoms with Gasteiger partial charge in [0.1, 0.15) is 16.7 Å². The molecule has 38 heavy (non-hydrogen) atoms. The van der Waals surface area contributed by atoms with E-state index in [9.17, 15) is 22.8 Å². The van der Waals surface area contributed by atoms with E-state index in [0.717, 1.165) is 6.20 Å². The summed E-state index contributed by atoms with van der Waals surface area (Å²) in [5.74, 6) is -1.01.